The normalized spacial score (nSPS) is 10.4. The third-order valence-corrected chi connectivity index (χ3v) is 2.25. The monoisotopic (exact) mass is 252 g/mol. The molecule has 1 rings (SSSR count). The minimum absolute atomic E-state index is 0.460. The Morgan fingerprint density at radius 1 is 1.53 bits per heavy atom. The van der Waals surface area contributed by atoms with Gasteiger partial charge in [0.15, 0.2) is 0 Å². The van der Waals surface area contributed by atoms with Crippen molar-refractivity contribution in [3.63, 3.8) is 0 Å². The summed E-state index contributed by atoms with van der Waals surface area (Å²) in [4.78, 5) is 10.3. The highest BCUT2D eigenvalue weighted by molar-refractivity contribution is 6.32. The van der Waals surface area contributed by atoms with Crippen molar-refractivity contribution in [2.45, 2.75) is 6.42 Å². The summed E-state index contributed by atoms with van der Waals surface area (Å²) in [5.41, 5.74) is 0.716. The molecule has 0 amide bonds. The van der Waals surface area contributed by atoms with Crippen LogP contribution in [0, 0.1) is 0 Å². The summed E-state index contributed by atoms with van der Waals surface area (Å²) >= 11 is 5.99. The number of rotatable bonds is 6. The molecule has 0 saturated heterocycles. The lowest BCUT2D eigenvalue weighted by Gasteiger charge is -2.07. The van der Waals surface area contributed by atoms with Crippen LogP contribution in [-0.4, -0.2) is 17.7 Å². The second-order valence-electron chi connectivity index (χ2n) is 3.29. The topological polar surface area (TPSA) is 46.5 Å². The Hall–Kier alpha value is -1.74. The zero-order valence-electron chi connectivity index (χ0n) is 9.23. The molecule has 0 aliphatic heterocycles. The molecule has 0 saturated carbocycles. The predicted molar refractivity (Wildman–Crippen MR) is 68.4 cm³/mol. The summed E-state index contributed by atoms with van der Waals surface area (Å²) in [6.07, 6.45) is 5.04. The zero-order chi connectivity index (χ0) is 12.7. The fourth-order valence-electron chi connectivity index (χ4n) is 1.16. The van der Waals surface area contributed by atoms with Crippen molar-refractivity contribution in [3.05, 3.63) is 47.5 Å². The van der Waals surface area contributed by atoms with E-state index in [-0.39, 0.29) is 0 Å². The largest absolute Gasteiger partial charge is 0.492 e. The number of benzene rings is 1. The number of carbonyl (C=O) groups is 1. The summed E-state index contributed by atoms with van der Waals surface area (Å²) in [6, 6.07) is 5.12. The van der Waals surface area contributed by atoms with Gasteiger partial charge in [0.05, 0.1) is 11.6 Å². The number of carboxylic acids is 1. The molecule has 0 aromatic heterocycles. The molecule has 0 radical (unpaired) electrons. The fraction of sp³-hybridized carbons (Fsp3) is 0.154. The minimum atomic E-state index is -0.993. The fourth-order valence-corrected chi connectivity index (χ4v) is 1.40. The lowest BCUT2D eigenvalue weighted by molar-refractivity contribution is -0.131. The van der Waals surface area contributed by atoms with Crippen LogP contribution in [0.5, 0.6) is 5.75 Å². The quantitative estimate of drug-likeness (QED) is 0.480. The molecule has 0 spiro atoms. The molecule has 1 aromatic carbocycles. The Bertz CT molecular complexity index is 438. The molecule has 0 atom stereocenters. The van der Waals surface area contributed by atoms with Crippen LogP contribution in [0.3, 0.4) is 0 Å². The maximum Gasteiger partial charge on any atom is 0.328 e. The van der Waals surface area contributed by atoms with E-state index in [4.69, 9.17) is 21.4 Å². The van der Waals surface area contributed by atoms with Crippen LogP contribution in [0.15, 0.2) is 36.9 Å². The Morgan fingerprint density at radius 3 is 2.88 bits per heavy atom. The van der Waals surface area contributed by atoms with Gasteiger partial charge in [-0.2, -0.15) is 0 Å². The Balaban J connectivity index is 2.72. The van der Waals surface area contributed by atoms with Crippen LogP contribution in [0.4, 0.5) is 0 Å². The van der Waals surface area contributed by atoms with Crippen LogP contribution in [0.2, 0.25) is 5.02 Å². The molecule has 1 aromatic rings. The molecule has 0 unspecified atom stereocenters. The standard InChI is InChI=1S/C13H13ClO3/c1-2-3-8-17-12-6-4-10(9-11(12)14)5-7-13(15)16/h2,4-7,9H,1,3,8H2,(H,15,16). The van der Waals surface area contributed by atoms with E-state index in [1.807, 2.05) is 0 Å². The third-order valence-electron chi connectivity index (χ3n) is 1.95. The van der Waals surface area contributed by atoms with Crippen molar-refractivity contribution in [2.75, 3.05) is 6.61 Å². The lowest BCUT2D eigenvalue weighted by Crippen LogP contribution is -1.96. The van der Waals surface area contributed by atoms with Crippen LogP contribution in [0.1, 0.15) is 12.0 Å². The van der Waals surface area contributed by atoms with Crippen molar-refractivity contribution in [1.82, 2.24) is 0 Å². The van der Waals surface area contributed by atoms with Gasteiger partial charge in [0.1, 0.15) is 5.75 Å². The number of halogens is 1. The van der Waals surface area contributed by atoms with E-state index in [0.717, 1.165) is 12.5 Å². The van der Waals surface area contributed by atoms with E-state index in [2.05, 4.69) is 6.58 Å². The molecule has 0 aliphatic rings. The number of ether oxygens (including phenoxy) is 1. The van der Waals surface area contributed by atoms with Gasteiger partial charge >= 0.3 is 5.97 Å². The Labute approximate surface area is 105 Å². The maximum absolute atomic E-state index is 10.3. The van der Waals surface area contributed by atoms with Gasteiger partial charge in [0.25, 0.3) is 0 Å². The van der Waals surface area contributed by atoms with Gasteiger partial charge in [-0.15, -0.1) is 6.58 Å². The lowest BCUT2D eigenvalue weighted by atomic mass is 10.2. The summed E-state index contributed by atoms with van der Waals surface area (Å²) in [7, 11) is 0. The second kappa shape index (κ2) is 6.76. The first kappa shape index (κ1) is 13.3. The average Bonchev–Trinajstić information content (AvgIpc) is 2.29. The van der Waals surface area contributed by atoms with E-state index in [1.165, 1.54) is 6.08 Å². The van der Waals surface area contributed by atoms with Gasteiger partial charge in [-0.25, -0.2) is 4.79 Å². The van der Waals surface area contributed by atoms with Gasteiger partial charge in [-0.1, -0.05) is 23.7 Å². The van der Waals surface area contributed by atoms with Gasteiger partial charge in [0.2, 0.25) is 0 Å². The number of carboxylic acid groups (broad SMARTS) is 1. The first-order chi connectivity index (χ1) is 8.13. The molecule has 3 nitrogen and oxygen atoms in total. The van der Waals surface area contributed by atoms with Crippen molar-refractivity contribution < 1.29 is 14.6 Å². The molecule has 0 aliphatic carbocycles. The zero-order valence-corrected chi connectivity index (χ0v) is 9.98. The first-order valence-corrected chi connectivity index (χ1v) is 5.45. The molecule has 0 heterocycles. The Kier molecular flexibility index (Phi) is 5.30. The molecule has 17 heavy (non-hydrogen) atoms. The number of aliphatic carboxylic acids is 1. The van der Waals surface area contributed by atoms with E-state index in [1.54, 1.807) is 24.3 Å². The SMILES string of the molecule is C=CCCOc1ccc(C=CC(=O)O)cc1Cl. The number of hydrogen-bond acceptors (Lipinski definition) is 2. The molecule has 90 valence electrons. The highest BCUT2D eigenvalue weighted by Crippen LogP contribution is 2.26. The van der Waals surface area contributed by atoms with Gasteiger partial charge in [-0.3, -0.25) is 0 Å². The number of hydrogen-bond donors (Lipinski definition) is 1. The van der Waals surface area contributed by atoms with E-state index in [9.17, 15) is 4.79 Å². The average molecular weight is 253 g/mol. The highest BCUT2D eigenvalue weighted by Gasteiger charge is 2.01. The van der Waals surface area contributed by atoms with Crippen molar-refractivity contribution in [2.24, 2.45) is 0 Å². The van der Waals surface area contributed by atoms with Crippen molar-refractivity contribution in [3.8, 4) is 5.75 Å². The summed E-state index contributed by atoms with van der Waals surface area (Å²) in [6.45, 7) is 4.11. The minimum Gasteiger partial charge on any atom is -0.492 e. The summed E-state index contributed by atoms with van der Waals surface area (Å²) in [5.74, 6) is -0.409. The van der Waals surface area contributed by atoms with Crippen LogP contribution in [0.25, 0.3) is 6.08 Å². The van der Waals surface area contributed by atoms with Gasteiger partial charge < -0.3 is 9.84 Å². The van der Waals surface area contributed by atoms with Gasteiger partial charge in [0, 0.05) is 6.08 Å². The molecule has 0 bridgehead atoms. The molecular weight excluding hydrogens is 240 g/mol. The van der Waals surface area contributed by atoms with E-state index in [0.29, 0.717) is 22.9 Å². The van der Waals surface area contributed by atoms with Crippen LogP contribution < -0.4 is 4.74 Å². The van der Waals surface area contributed by atoms with Crippen molar-refractivity contribution in [1.29, 1.82) is 0 Å². The highest BCUT2D eigenvalue weighted by atomic mass is 35.5. The van der Waals surface area contributed by atoms with E-state index >= 15 is 0 Å². The van der Waals surface area contributed by atoms with Crippen molar-refractivity contribution >= 4 is 23.6 Å². The predicted octanol–water partition coefficient (Wildman–Crippen LogP) is 3.39. The second-order valence-corrected chi connectivity index (χ2v) is 3.69. The Morgan fingerprint density at radius 2 is 2.29 bits per heavy atom. The molecule has 1 N–H and O–H groups in total. The molecule has 4 heteroatoms. The van der Waals surface area contributed by atoms with Crippen LogP contribution >= 0.6 is 11.6 Å². The smallest absolute Gasteiger partial charge is 0.328 e. The molecule has 0 fully saturated rings. The van der Waals surface area contributed by atoms with Crippen LogP contribution in [-0.2, 0) is 4.79 Å². The third kappa shape index (κ3) is 4.74. The first-order valence-electron chi connectivity index (χ1n) is 5.07. The van der Waals surface area contributed by atoms with E-state index < -0.39 is 5.97 Å². The summed E-state index contributed by atoms with van der Waals surface area (Å²) < 4.78 is 5.41. The summed E-state index contributed by atoms with van der Waals surface area (Å²) in [5, 5.41) is 8.95. The molecular formula is C13H13ClO3. The maximum atomic E-state index is 10.3. The van der Waals surface area contributed by atoms with Gasteiger partial charge in [-0.05, 0) is 30.2 Å².